The van der Waals surface area contributed by atoms with E-state index in [0.717, 1.165) is 25.9 Å². The maximum atomic E-state index is 14.3. The first-order valence-corrected chi connectivity index (χ1v) is 8.40. The van der Waals surface area contributed by atoms with Gasteiger partial charge in [-0.05, 0) is 36.6 Å². The molecule has 0 atom stereocenters. The van der Waals surface area contributed by atoms with Gasteiger partial charge in [-0.1, -0.05) is 24.3 Å². The number of methoxy groups -OCH3 is 2. The first-order valence-electron chi connectivity index (χ1n) is 8.40. The fourth-order valence-corrected chi connectivity index (χ4v) is 3.16. The molecule has 1 aliphatic heterocycles. The Bertz CT molecular complexity index is 736. The summed E-state index contributed by atoms with van der Waals surface area (Å²) in [6.07, 6.45) is 2.17. The van der Waals surface area contributed by atoms with Crippen LogP contribution in [0.25, 0.3) is 0 Å². The second kappa shape index (κ2) is 9.77. The fourth-order valence-electron chi connectivity index (χ4n) is 3.16. The number of aryl methyl sites for hydroxylation is 1. The molecule has 6 heteroatoms. The predicted octanol–water partition coefficient (Wildman–Crippen LogP) is 3.49. The molecule has 0 saturated heterocycles. The highest BCUT2D eigenvalue weighted by Crippen LogP contribution is 2.31. The molecule has 1 heterocycles. The van der Waals surface area contributed by atoms with E-state index in [9.17, 15) is 4.39 Å². The molecule has 1 aliphatic rings. The maximum Gasteiger partial charge on any atom is 0.290 e. The van der Waals surface area contributed by atoms with E-state index in [4.69, 9.17) is 19.4 Å². The Hall–Kier alpha value is -2.60. The molecule has 0 spiro atoms. The van der Waals surface area contributed by atoms with E-state index in [1.54, 1.807) is 13.2 Å². The van der Waals surface area contributed by atoms with E-state index in [1.807, 2.05) is 0 Å². The molecule has 3 rings (SSSR count). The quantitative estimate of drug-likeness (QED) is 0.845. The van der Waals surface area contributed by atoms with Gasteiger partial charge in [-0.3, -0.25) is 9.69 Å². The number of halogens is 1. The van der Waals surface area contributed by atoms with Crippen molar-refractivity contribution in [2.24, 2.45) is 0 Å². The van der Waals surface area contributed by atoms with Crippen LogP contribution in [-0.2, 0) is 24.3 Å². The Morgan fingerprint density at radius 3 is 2.42 bits per heavy atom. The monoisotopic (exact) mass is 361 g/mol. The SMILES string of the molecule is COc1cc(F)c(CN2CCCc3ccccc3C2)cc1OC.O=CO. The zero-order chi connectivity index (χ0) is 18.9. The zero-order valence-corrected chi connectivity index (χ0v) is 15.1. The predicted molar refractivity (Wildman–Crippen MR) is 97.1 cm³/mol. The third kappa shape index (κ3) is 4.95. The lowest BCUT2D eigenvalue weighted by Crippen LogP contribution is -2.23. The second-order valence-corrected chi connectivity index (χ2v) is 5.99. The van der Waals surface area contributed by atoms with Crippen molar-refractivity contribution in [1.29, 1.82) is 0 Å². The molecule has 0 aliphatic carbocycles. The molecule has 26 heavy (non-hydrogen) atoms. The largest absolute Gasteiger partial charge is 0.493 e. The number of carboxylic acid groups (broad SMARTS) is 1. The van der Waals surface area contributed by atoms with Crippen LogP contribution in [0.2, 0.25) is 0 Å². The molecule has 0 bridgehead atoms. The van der Waals surface area contributed by atoms with Gasteiger partial charge in [-0.2, -0.15) is 0 Å². The van der Waals surface area contributed by atoms with Crippen LogP contribution in [0.4, 0.5) is 4.39 Å². The van der Waals surface area contributed by atoms with Gasteiger partial charge in [-0.15, -0.1) is 0 Å². The van der Waals surface area contributed by atoms with E-state index in [-0.39, 0.29) is 12.3 Å². The third-order valence-corrected chi connectivity index (χ3v) is 4.38. The normalized spacial score (nSPS) is 13.7. The third-order valence-electron chi connectivity index (χ3n) is 4.38. The molecular weight excluding hydrogens is 337 g/mol. The highest BCUT2D eigenvalue weighted by Gasteiger charge is 2.17. The summed E-state index contributed by atoms with van der Waals surface area (Å²) in [5.41, 5.74) is 3.38. The minimum Gasteiger partial charge on any atom is -0.493 e. The number of nitrogens with zero attached hydrogens (tertiary/aromatic N) is 1. The average molecular weight is 361 g/mol. The first kappa shape index (κ1) is 19.7. The van der Waals surface area contributed by atoms with E-state index in [2.05, 4.69) is 29.2 Å². The number of carbonyl (C=O) groups is 1. The van der Waals surface area contributed by atoms with E-state index in [0.29, 0.717) is 23.6 Å². The van der Waals surface area contributed by atoms with Gasteiger partial charge in [-0.25, -0.2) is 4.39 Å². The van der Waals surface area contributed by atoms with Crippen LogP contribution in [0.15, 0.2) is 36.4 Å². The summed E-state index contributed by atoms with van der Waals surface area (Å²) in [7, 11) is 3.09. The van der Waals surface area contributed by atoms with Crippen LogP contribution >= 0.6 is 0 Å². The Balaban J connectivity index is 0.000000758. The van der Waals surface area contributed by atoms with Crippen LogP contribution in [0.5, 0.6) is 11.5 Å². The van der Waals surface area contributed by atoms with Crippen molar-refractivity contribution in [2.45, 2.75) is 25.9 Å². The zero-order valence-electron chi connectivity index (χ0n) is 15.1. The molecule has 0 saturated carbocycles. The highest BCUT2D eigenvalue weighted by molar-refractivity contribution is 5.43. The standard InChI is InChI=1S/C19H22FNO2.CH2O2/c1-22-18-10-16(17(20)11-19(18)23-2)13-21-9-5-8-14-6-3-4-7-15(14)12-21;2-1-3/h3-4,6-7,10-11H,5,8-9,12-13H2,1-2H3;1H,(H,2,3). The van der Waals surface area contributed by atoms with Crippen molar-refractivity contribution >= 4 is 6.47 Å². The van der Waals surface area contributed by atoms with Crippen molar-refractivity contribution in [3.63, 3.8) is 0 Å². The van der Waals surface area contributed by atoms with Gasteiger partial charge in [0.25, 0.3) is 6.47 Å². The maximum absolute atomic E-state index is 14.3. The van der Waals surface area contributed by atoms with Gasteiger partial charge >= 0.3 is 0 Å². The first-order chi connectivity index (χ1) is 12.6. The molecule has 140 valence electrons. The van der Waals surface area contributed by atoms with Crippen molar-refractivity contribution < 1.29 is 23.8 Å². The van der Waals surface area contributed by atoms with Crippen LogP contribution < -0.4 is 9.47 Å². The number of hydrogen-bond donors (Lipinski definition) is 1. The molecule has 0 fully saturated rings. The molecule has 2 aromatic carbocycles. The Morgan fingerprint density at radius 1 is 1.15 bits per heavy atom. The molecule has 5 nitrogen and oxygen atoms in total. The molecule has 1 N–H and O–H groups in total. The number of ether oxygens (including phenoxy) is 2. The Kier molecular flexibility index (Phi) is 7.41. The van der Waals surface area contributed by atoms with Gasteiger partial charge in [0.2, 0.25) is 0 Å². The fraction of sp³-hybridized carbons (Fsp3) is 0.350. The molecule has 2 aromatic rings. The molecule has 0 unspecified atom stereocenters. The van der Waals surface area contributed by atoms with E-state index in [1.165, 1.54) is 24.3 Å². The minimum atomic E-state index is -0.250. The number of rotatable bonds is 4. The summed E-state index contributed by atoms with van der Waals surface area (Å²) in [6.45, 7) is 2.13. The lowest BCUT2D eigenvalue weighted by molar-refractivity contribution is -0.122. The number of benzene rings is 2. The van der Waals surface area contributed by atoms with Crippen LogP contribution in [0.1, 0.15) is 23.1 Å². The Labute approximate surface area is 153 Å². The number of hydrogen-bond acceptors (Lipinski definition) is 4. The lowest BCUT2D eigenvalue weighted by atomic mass is 10.0. The van der Waals surface area contributed by atoms with Crippen molar-refractivity contribution in [2.75, 3.05) is 20.8 Å². The summed E-state index contributed by atoms with van der Waals surface area (Å²) in [6, 6.07) is 11.7. The molecule has 0 aromatic heterocycles. The van der Waals surface area contributed by atoms with Crippen molar-refractivity contribution in [3.8, 4) is 11.5 Å². The summed E-state index contributed by atoms with van der Waals surface area (Å²) in [5.74, 6) is 0.745. The summed E-state index contributed by atoms with van der Waals surface area (Å²) < 4.78 is 24.8. The summed E-state index contributed by atoms with van der Waals surface area (Å²) >= 11 is 0. The van der Waals surface area contributed by atoms with Crippen LogP contribution in [0.3, 0.4) is 0 Å². The topological polar surface area (TPSA) is 59.0 Å². The average Bonchev–Trinajstić information content (AvgIpc) is 2.85. The molecular formula is C20H24FNO4. The van der Waals surface area contributed by atoms with Gasteiger partial charge < -0.3 is 14.6 Å². The summed E-state index contributed by atoms with van der Waals surface area (Å²) in [5, 5.41) is 6.89. The number of fused-ring (bicyclic) bond motifs is 1. The van der Waals surface area contributed by atoms with Gasteiger partial charge in [0.15, 0.2) is 11.5 Å². The lowest BCUT2D eigenvalue weighted by Gasteiger charge is -2.21. The van der Waals surface area contributed by atoms with Gasteiger partial charge in [0.05, 0.1) is 14.2 Å². The van der Waals surface area contributed by atoms with Gasteiger partial charge in [0.1, 0.15) is 5.82 Å². The minimum absolute atomic E-state index is 0.250. The van der Waals surface area contributed by atoms with Crippen LogP contribution in [0, 0.1) is 5.82 Å². The van der Waals surface area contributed by atoms with E-state index >= 15 is 0 Å². The van der Waals surface area contributed by atoms with Crippen molar-refractivity contribution in [3.05, 3.63) is 58.9 Å². The Morgan fingerprint density at radius 2 is 1.77 bits per heavy atom. The molecule has 0 amide bonds. The van der Waals surface area contributed by atoms with Crippen LogP contribution in [-0.4, -0.2) is 37.2 Å². The second-order valence-electron chi connectivity index (χ2n) is 5.99. The molecule has 0 radical (unpaired) electrons. The van der Waals surface area contributed by atoms with Gasteiger partial charge in [0, 0.05) is 24.7 Å². The smallest absolute Gasteiger partial charge is 0.290 e. The summed E-state index contributed by atoms with van der Waals surface area (Å²) in [4.78, 5) is 10.6. The van der Waals surface area contributed by atoms with Crippen molar-refractivity contribution in [1.82, 2.24) is 4.90 Å². The van der Waals surface area contributed by atoms with E-state index < -0.39 is 0 Å². The highest BCUT2D eigenvalue weighted by atomic mass is 19.1.